The Morgan fingerprint density at radius 2 is 1.31 bits per heavy atom. The molecule has 1 rings (SSSR count). The Balaban J connectivity index is 2.60. The van der Waals surface area contributed by atoms with E-state index < -0.39 is 18.0 Å². The fourth-order valence-electron chi connectivity index (χ4n) is 2.95. The van der Waals surface area contributed by atoms with Gasteiger partial charge in [0.05, 0.1) is 13.1 Å². The number of carboxylic acid groups (broad SMARTS) is 2. The van der Waals surface area contributed by atoms with Gasteiger partial charge in [0.25, 0.3) is 0 Å². The van der Waals surface area contributed by atoms with Crippen molar-refractivity contribution in [3.05, 3.63) is 0 Å². The zero-order valence-corrected chi connectivity index (χ0v) is 17.5. The van der Waals surface area contributed by atoms with Crippen LogP contribution in [0.25, 0.3) is 0 Å². The van der Waals surface area contributed by atoms with Crippen molar-refractivity contribution in [2.75, 3.05) is 86.1 Å². The molecule has 0 unspecified atom stereocenters. The lowest BCUT2D eigenvalue weighted by Crippen LogP contribution is -2.48. The second-order valence-corrected chi connectivity index (χ2v) is 7.64. The van der Waals surface area contributed by atoms with Gasteiger partial charge >= 0.3 is 11.9 Å². The second-order valence-electron chi connectivity index (χ2n) is 7.64. The lowest BCUT2D eigenvalue weighted by Gasteiger charge is -2.31. The summed E-state index contributed by atoms with van der Waals surface area (Å²) < 4.78 is 0. The summed E-state index contributed by atoms with van der Waals surface area (Å²) in [5, 5.41) is 20.7. The summed E-state index contributed by atoms with van der Waals surface area (Å²) in [4.78, 5) is 42.4. The fraction of sp³-hybridized carbons (Fsp3) is 0.833. The standard InChI is InChI=1S/C18H36N6O5/c1-21-5-6-22(2)8-10-24(14-17(26)27)12-11-23(9-7-21)13-16(25)20-4-3-15(19)18(28)29/h15H,3-14,19H2,1-2H3,(H,20,25)(H,26,27)(H,28,29)/t15-/m1/s1. The summed E-state index contributed by atoms with van der Waals surface area (Å²) in [6.07, 6.45) is 0.170. The lowest BCUT2D eigenvalue weighted by atomic mass is 10.2. The monoisotopic (exact) mass is 416 g/mol. The molecule has 0 aromatic carbocycles. The molecule has 1 atom stereocenters. The fourth-order valence-corrected chi connectivity index (χ4v) is 2.95. The molecule has 11 nitrogen and oxygen atoms in total. The molecule has 1 aliphatic rings. The molecular formula is C18H36N6O5. The molecule has 1 saturated heterocycles. The average Bonchev–Trinajstić information content (AvgIpc) is 2.64. The first-order valence-electron chi connectivity index (χ1n) is 9.96. The van der Waals surface area contributed by atoms with E-state index in [1.165, 1.54) is 0 Å². The van der Waals surface area contributed by atoms with Gasteiger partial charge in [0.15, 0.2) is 0 Å². The number of carbonyl (C=O) groups excluding carboxylic acids is 1. The van der Waals surface area contributed by atoms with Gasteiger partial charge in [-0.25, -0.2) is 0 Å². The van der Waals surface area contributed by atoms with Crippen LogP contribution >= 0.6 is 0 Å². The minimum atomic E-state index is -1.09. The van der Waals surface area contributed by atoms with Gasteiger partial charge in [-0.05, 0) is 20.5 Å². The number of likely N-dealkylation sites (N-methyl/N-ethyl adjacent to an activating group) is 2. The summed E-state index contributed by atoms with van der Waals surface area (Å²) in [7, 11) is 4.08. The van der Waals surface area contributed by atoms with E-state index in [9.17, 15) is 14.4 Å². The van der Waals surface area contributed by atoms with Gasteiger partial charge in [-0.1, -0.05) is 0 Å². The highest BCUT2D eigenvalue weighted by Crippen LogP contribution is 1.99. The Hall–Kier alpha value is -1.79. The molecule has 1 amide bonds. The third kappa shape index (κ3) is 11.7. The predicted molar refractivity (Wildman–Crippen MR) is 109 cm³/mol. The molecule has 5 N–H and O–H groups in total. The number of aliphatic carboxylic acids is 2. The minimum Gasteiger partial charge on any atom is -0.480 e. The van der Waals surface area contributed by atoms with Crippen molar-refractivity contribution in [3.8, 4) is 0 Å². The number of nitrogens with zero attached hydrogens (tertiary/aromatic N) is 4. The maximum absolute atomic E-state index is 12.3. The largest absolute Gasteiger partial charge is 0.480 e. The third-order valence-corrected chi connectivity index (χ3v) is 5.01. The number of hydrogen-bond donors (Lipinski definition) is 4. The van der Waals surface area contributed by atoms with E-state index in [1.54, 1.807) is 0 Å². The highest BCUT2D eigenvalue weighted by molar-refractivity contribution is 5.78. The van der Waals surface area contributed by atoms with E-state index in [2.05, 4.69) is 15.1 Å². The molecular weight excluding hydrogens is 380 g/mol. The van der Waals surface area contributed by atoms with Crippen LogP contribution < -0.4 is 11.1 Å². The summed E-state index contributed by atoms with van der Waals surface area (Å²) >= 11 is 0. The van der Waals surface area contributed by atoms with Crippen molar-refractivity contribution < 1.29 is 24.6 Å². The number of nitrogens with one attached hydrogen (secondary N) is 1. The van der Waals surface area contributed by atoms with Gasteiger partial charge in [0.2, 0.25) is 5.91 Å². The number of rotatable bonds is 8. The number of nitrogens with two attached hydrogens (primary N) is 1. The smallest absolute Gasteiger partial charge is 0.320 e. The highest BCUT2D eigenvalue weighted by Gasteiger charge is 2.18. The van der Waals surface area contributed by atoms with Crippen molar-refractivity contribution in [1.82, 2.24) is 24.9 Å². The molecule has 1 heterocycles. The molecule has 0 radical (unpaired) electrons. The van der Waals surface area contributed by atoms with Crippen LogP contribution in [0.1, 0.15) is 6.42 Å². The van der Waals surface area contributed by atoms with Crippen LogP contribution in [0.15, 0.2) is 0 Å². The van der Waals surface area contributed by atoms with Gasteiger partial charge < -0.3 is 31.1 Å². The lowest BCUT2D eigenvalue weighted by molar-refractivity contribution is -0.139. The van der Waals surface area contributed by atoms with E-state index in [0.717, 1.165) is 26.2 Å². The van der Waals surface area contributed by atoms with Gasteiger partial charge in [-0.2, -0.15) is 0 Å². The Morgan fingerprint density at radius 1 is 0.862 bits per heavy atom. The van der Waals surface area contributed by atoms with Crippen molar-refractivity contribution >= 4 is 17.8 Å². The van der Waals surface area contributed by atoms with Crippen LogP contribution in [0.5, 0.6) is 0 Å². The quantitative estimate of drug-likeness (QED) is 0.334. The van der Waals surface area contributed by atoms with Crippen LogP contribution in [0.4, 0.5) is 0 Å². The van der Waals surface area contributed by atoms with Crippen molar-refractivity contribution in [3.63, 3.8) is 0 Å². The van der Waals surface area contributed by atoms with Crippen LogP contribution in [0, 0.1) is 0 Å². The molecule has 0 aromatic heterocycles. The zero-order valence-electron chi connectivity index (χ0n) is 17.5. The van der Waals surface area contributed by atoms with E-state index in [0.29, 0.717) is 26.2 Å². The zero-order chi connectivity index (χ0) is 21.8. The van der Waals surface area contributed by atoms with Gasteiger partial charge in [-0.15, -0.1) is 0 Å². The van der Waals surface area contributed by atoms with Crippen LogP contribution in [0.2, 0.25) is 0 Å². The van der Waals surface area contributed by atoms with E-state index in [-0.39, 0.29) is 32.0 Å². The van der Waals surface area contributed by atoms with Gasteiger partial charge in [-0.3, -0.25) is 24.2 Å². The molecule has 11 heteroatoms. The molecule has 168 valence electrons. The molecule has 0 aromatic rings. The van der Waals surface area contributed by atoms with Gasteiger partial charge in [0, 0.05) is 58.9 Å². The van der Waals surface area contributed by atoms with Crippen LogP contribution in [0.3, 0.4) is 0 Å². The predicted octanol–water partition coefficient (Wildman–Crippen LogP) is -2.53. The molecule has 0 spiro atoms. The first-order valence-corrected chi connectivity index (χ1v) is 9.96. The first-order chi connectivity index (χ1) is 13.7. The topological polar surface area (TPSA) is 143 Å². The Labute approximate surface area is 172 Å². The minimum absolute atomic E-state index is 0.0269. The third-order valence-electron chi connectivity index (χ3n) is 5.01. The average molecular weight is 417 g/mol. The Bertz CT molecular complexity index is 535. The van der Waals surface area contributed by atoms with Crippen LogP contribution in [-0.4, -0.2) is 140 Å². The molecule has 0 bridgehead atoms. The number of carbonyl (C=O) groups is 3. The van der Waals surface area contributed by atoms with E-state index in [1.807, 2.05) is 23.9 Å². The van der Waals surface area contributed by atoms with E-state index in [4.69, 9.17) is 15.9 Å². The Kier molecular flexibility index (Phi) is 11.7. The maximum atomic E-state index is 12.3. The maximum Gasteiger partial charge on any atom is 0.320 e. The van der Waals surface area contributed by atoms with Crippen molar-refractivity contribution in [1.29, 1.82) is 0 Å². The second kappa shape index (κ2) is 13.4. The summed E-state index contributed by atoms with van der Waals surface area (Å²) in [6.45, 7) is 6.19. The van der Waals surface area contributed by atoms with Crippen LogP contribution in [-0.2, 0) is 14.4 Å². The molecule has 29 heavy (non-hydrogen) atoms. The molecule has 0 saturated carbocycles. The van der Waals surface area contributed by atoms with E-state index >= 15 is 0 Å². The summed E-state index contributed by atoms with van der Waals surface area (Å²) in [6, 6.07) is -0.992. The molecule has 0 aliphatic carbocycles. The molecule has 1 aliphatic heterocycles. The summed E-state index contributed by atoms with van der Waals surface area (Å²) in [5.74, 6) is -2.14. The number of carboxylic acids is 2. The SMILES string of the molecule is CN1CCN(C)CCN(CC(=O)NCC[C@@H](N)C(=O)O)CCN(CC(=O)O)CC1. The summed E-state index contributed by atoms with van der Waals surface area (Å²) in [5.41, 5.74) is 5.44. The highest BCUT2D eigenvalue weighted by atomic mass is 16.4. The van der Waals surface area contributed by atoms with Crippen molar-refractivity contribution in [2.45, 2.75) is 12.5 Å². The van der Waals surface area contributed by atoms with Gasteiger partial charge in [0.1, 0.15) is 6.04 Å². The first kappa shape index (κ1) is 25.2. The van der Waals surface area contributed by atoms with Crippen molar-refractivity contribution in [2.24, 2.45) is 5.73 Å². The molecule has 1 fully saturated rings. The number of hydrogen-bond acceptors (Lipinski definition) is 8. The number of amides is 1. The normalized spacial score (nSPS) is 20.4. The Morgan fingerprint density at radius 3 is 1.79 bits per heavy atom.